The number of hydrogen-bond donors (Lipinski definition) is 1. The number of nitrogens with zero attached hydrogens (tertiary/aromatic N) is 1. The molecule has 0 amide bonds. The Morgan fingerprint density at radius 2 is 2.00 bits per heavy atom. The maximum absolute atomic E-state index is 4.55. The molecule has 0 saturated carbocycles. The van der Waals surface area contributed by atoms with Crippen LogP contribution in [0, 0.1) is 13.8 Å². The van der Waals surface area contributed by atoms with Crippen LogP contribution in [0.25, 0.3) is 0 Å². The van der Waals surface area contributed by atoms with Crippen molar-refractivity contribution in [1.29, 1.82) is 0 Å². The quantitative estimate of drug-likeness (QED) is 0.882. The molecule has 0 saturated heterocycles. The second-order valence-corrected chi connectivity index (χ2v) is 5.01. The fraction of sp³-hybridized carbons (Fsp3) is 0.353. The minimum absolute atomic E-state index is 0.285. The maximum atomic E-state index is 4.55. The monoisotopic (exact) mass is 254 g/mol. The Labute approximate surface area is 115 Å². The van der Waals surface area contributed by atoms with E-state index in [9.17, 15) is 0 Å². The van der Waals surface area contributed by atoms with Crippen molar-refractivity contribution in [2.75, 3.05) is 6.54 Å². The van der Waals surface area contributed by atoms with Crippen molar-refractivity contribution in [2.24, 2.45) is 0 Å². The lowest BCUT2D eigenvalue weighted by atomic mass is 9.99. The van der Waals surface area contributed by atoms with E-state index in [1.807, 2.05) is 12.3 Å². The van der Waals surface area contributed by atoms with Crippen LogP contribution in [-0.2, 0) is 6.42 Å². The number of rotatable bonds is 5. The molecule has 0 aliphatic rings. The molecule has 1 aromatic heterocycles. The summed E-state index contributed by atoms with van der Waals surface area (Å²) in [6.07, 6.45) is 2.86. The van der Waals surface area contributed by atoms with E-state index in [2.05, 4.69) is 61.4 Å². The predicted molar refractivity (Wildman–Crippen MR) is 80.3 cm³/mol. The Balaban J connectivity index is 2.24. The van der Waals surface area contributed by atoms with Crippen LogP contribution >= 0.6 is 0 Å². The Morgan fingerprint density at radius 1 is 1.16 bits per heavy atom. The van der Waals surface area contributed by atoms with Crippen LogP contribution in [0.15, 0.2) is 42.6 Å². The van der Waals surface area contributed by atoms with E-state index in [1.54, 1.807) is 0 Å². The van der Waals surface area contributed by atoms with Gasteiger partial charge in [-0.25, -0.2) is 0 Å². The van der Waals surface area contributed by atoms with Crippen LogP contribution in [-0.4, -0.2) is 11.5 Å². The van der Waals surface area contributed by atoms with Crippen LogP contribution in [0.1, 0.15) is 35.3 Å². The highest BCUT2D eigenvalue weighted by Crippen LogP contribution is 2.20. The van der Waals surface area contributed by atoms with Crippen LogP contribution in [0.4, 0.5) is 0 Å². The highest BCUT2D eigenvalue weighted by atomic mass is 14.9. The number of aromatic nitrogens is 1. The lowest BCUT2D eigenvalue weighted by Gasteiger charge is -2.19. The van der Waals surface area contributed by atoms with Gasteiger partial charge in [-0.15, -0.1) is 0 Å². The summed E-state index contributed by atoms with van der Waals surface area (Å²) >= 11 is 0. The second kappa shape index (κ2) is 6.48. The molecule has 0 spiro atoms. The zero-order valence-corrected chi connectivity index (χ0v) is 12.0. The molecule has 1 aromatic carbocycles. The molecular weight excluding hydrogens is 232 g/mol. The Morgan fingerprint density at radius 3 is 2.68 bits per heavy atom. The SMILES string of the molecule is CCNC(Cc1cccc(C)c1)c1ncccc1C. The summed E-state index contributed by atoms with van der Waals surface area (Å²) in [5, 5.41) is 3.55. The maximum Gasteiger partial charge on any atom is 0.0605 e. The third-order valence-electron chi connectivity index (χ3n) is 3.35. The molecule has 1 heterocycles. The molecule has 1 N–H and O–H groups in total. The van der Waals surface area contributed by atoms with Crippen molar-refractivity contribution in [1.82, 2.24) is 10.3 Å². The van der Waals surface area contributed by atoms with Gasteiger partial charge in [-0.2, -0.15) is 0 Å². The van der Waals surface area contributed by atoms with Crippen LogP contribution in [0.5, 0.6) is 0 Å². The van der Waals surface area contributed by atoms with Crippen LogP contribution in [0.2, 0.25) is 0 Å². The van der Waals surface area contributed by atoms with Crippen molar-refractivity contribution in [2.45, 2.75) is 33.2 Å². The molecule has 2 rings (SSSR count). The van der Waals surface area contributed by atoms with Gasteiger partial charge < -0.3 is 5.32 Å². The van der Waals surface area contributed by atoms with E-state index in [-0.39, 0.29) is 6.04 Å². The molecule has 0 aliphatic carbocycles. The fourth-order valence-corrected chi connectivity index (χ4v) is 2.45. The first-order valence-electron chi connectivity index (χ1n) is 6.91. The third kappa shape index (κ3) is 3.65. The van der Waals surface area contributed by atoms with E-state index in [4.69, 9.17) is 0 Å². The Kier molecular flexibility index (Phi) is 4.69. The number of hydrogen-bond acceptors (Lipinski definition) is 2. The molecule has 2 nitrogen and oxygen atoms in total. The van der Waals surface area contributed by atoms with Crippen LogP contribution < -0.4 is 5.32 Å². The molecule has 0 bridgehead atoms. The first-order valence-corrected chi connectivity index (χ1v) is 6.91. The van der Waals surface area contributed by atoms with Gasteiger partial charge in [0, 0.05) is 6.20 Å². The molecular formula is C17H22N2. The van der Waals surface area contributed by atoms with Gasteiger partial charge in [0.1, 0.15) is 0 Å². The van der Waals surface area contributed by atoms with E-state index in [0.29, 0.717) is 0 Å². The highest BCUT2D eigenvalue weighted by molar-refractivity contribution is 5.27. The standard InChI is InChI=1S/C17H22N2/c1-4-18-16(17-14(3)8-6-10-19-17)12-15-9-5-7-13(2)11-15/h5-11,16,18H,4,12H2,1-3H3. The van der Waals surface area contributed by atoms with Crippen molar-refractivity contribution in [3.8, 4) is 0 Å². The van der Waals surface area contributed by atoms with Gasteiger partial charge >= 0.3 is 0 Å². The molecule has 0 radical (unpaired) electrons. The average molecular weight is 254 g/mol. The van der Waals surface area contributed by atoms with Crippen molar-refractivity contribution < 1.29 is 0 Å². The lowest BCUT2D eigenvalue weighted by Crippen LogP contribution is -2.24. The Hall–Kier alpha value is -1.67. The van der Waals surface area contributed by atoms with Gasteiger partial charge in [0.2, 0.25) is 0 Å². The Bertz CT molecular complexity index is 534. The molecule has 1 unspecified atom stereocenters. The fourth-order valence-electron chi connectivity index (χ4n) is 2.45. The normalized spacial score (nSPS) is 12.4. The zero-order chi connectivity index (χ0) is 13.7. The van der Waals surface area contributed by atoms with E-state index < -0.39 is 0 Å². The summed E-state index contributed by atoms with van der Waals surface area (Å²) in [4.78, 5) is 4.55. The van der Waals surface area contributed by atoms with Crippen molar-refractivity contribution >= 4 is 0 Å². The number of likely N-dealkylation sites (N-methyl/N-ethyl adjacent to an activating group) is 1. The summed E-state index contributed by atoms with van der Waals surface area (Å²) in [5.74, 6) is 0. The van der Waals surface area contributed by atoms with Gasteiger partial charge in [0.15, 0.2) is 0 Å². The van der Waals surface area contributed by atoms with Gasteiger partial charge in [-0.1, -0.05) is 42.8 Å². The smallest absolute Gasteiger partial charge is 0.0605 e. The number of nitrogens with one attached hydrogen (secondary N) is 1. The summed E-state index contributed by atoms with van der Waals surface area (Å²) in [6.45, 7) is 7.36. The summed E-state index contributed by atoms with van der Waals surface area (Å²) in [6, 6.07) is 13.1. The molecule has 2 aromatic rings. The van der Waals surface area contributed by atoms with Gasteiger partial charge in [-0.05, 0) is 44.0 Å². The number of benzene rings is 1. The first-order chi connectivity index (χ1) is 9.20. The summed E-state index contributed by atoms with van der Waals surface area (Å²) < 4.78 is 0. The summed E-state index contributed by atoms with van der Waals surface area (Å²) in [7, 11) is 0. The predicted octanol–water partition coefficient (Wildman–Crippen LogP) is 3.59. The average Bonchev–Trinajstić information content (AvgIpc) is 2.39. The molecule has 1 atom stereocenters. The van der Waals surface area contributed by atoms with Gasteiger partial charge in [-0.3, -0.25) is 4.98 Å². The van der Waals surface area contributed by atoms with E-state index >= 15 is 0 Å². The molecule has 2 heteroatoms. The van der Waals surface area contributed by atoms with Gasteiger partial charge in [0.05, 0.1) is 11.7 Å². The minimum Gasteiger partial charge on any atom is -0.309 e. The van der Waals surface area contributed by atoms with Gasteiger partial charge in [0.25, 0.3) is 0 Å². The number of aryl methyl sites for hydroxylation is 2. The zero-order valence-electron chi connectivity index (χ0n) is 12.0. The minimum atomic E-state index is 0.285. The third-order valence-corrected chi connectivity index (χ3v) is 3.35. The first kappa shape index (κ1) is 13.8. The molecule has 19 heavy (non-hydrogen) atoms. The number of pyridine rings is 1. The summed E-state index contributed by atoms with van der Waals surface area (Å²) in [5.41, 5.74) is 5.08. The highest BCUT2D eigenvalue weighted by Gasteiger charge is 2.14. The molecule has 100 valence electrons. The molecule has 0 aliphatic heterocycles. The van der Waals surface area contributed by atoms with E-state index in [1.165, 1.54) is 16.7 Å². The molecule has 0 fully saturated rings. The lowest BCUT2D eigenvalue weighted by molar-refractivity contribution is 0.534. The second-order valence-electron chi connectivity index (χ2n) is 5.01. The largest absolute Gasteiger partial charge is 0.309 e. The van der Waals surface area contributed by atoms with Crippen molar-refractivity contribution in [3.05, 3.63) is 65.0 Å². The van der Waals surface area contributed by atoms with Crippen LogP contribution in [0.3, 0.4) is 0 Å². The van der Waals surface area contributed by atoms with E-state index in [0.717, 1.165) is 18.7 Å². The van der Waals surface area contributed by atoms with Crippen molar-refractivity contribution in [3.63, 3.8) is 0 Å². The topological polar surface area (TPSA) is 24.9 Å².